The largest absolute Gasteiger partial charge is 0.401 e. The summed E-state index contributed by atoms with van der Waals surface area (Å²) < 4.78 is 0. The highest BCUT2D eigenvalue weighted by molar-refractivity contribution is 5.22. The minimum absolute atomic E-state index is 0.0105. The first-order valence-electron chi connectivity index (χ1n) is 28.2. The van der Waals surface area contributed by atoms with Crippen LogP contribution in [0.25, 0.3) is 0 Å². The molecule has 77 heavy (non-hydrogen) atoms. The van der Waals surface area contributed by atoms with E-state index in [-0.39, 0.29) is 24.2 Å². The number of hydrogen-bond acceptors (Lipinski definition) is 11. The molecule has 0 fully saturated rings. The van der Waals surface area contributed by atoms with Crippen LogP contribution < -0.4 is 60.6 Å². The molecule has 0 bridgehead atoms. The highest BCUT2D eigenvalue weighted by atomic mass is 15.1. The van der Waals surface area contributed by atoms with Crippen molar-refractivity contribution in [2.75, 3.05) is 39.3 Å². The Balaban J connectivity index is 0. The van der Waals surface area contributed by atoms with Crippen LogP contribution in [0.15, 0.2) is 189 Å². The molecule has 3 aromatic carbocycles. The highest BCUT2D eigenvalue weighted by Crippen LogP contribution is 2.15. The van der Waals surface area contributed by atoms with Crippen LogP contribution in [0, 0.1) is 25.7 Å². The molecular formula is C66H113N11. The summed E-state index contributed by atoms with van der Waals surface area (Å²) in [5, 5.41) is 20.9. The zero-order valence-corrected chi connectivity index (χ0v) is 50.1. The quantitative estimate of drug-likeness (QED) is 0.0198. The zero-order valence-electron chi connectivity index (χ0n) is 50.1. The van der Waals surface area contributed by atoms with E-state index in [1.54, 1.807) is 0 Å². The van der Waals surface area contributed by atoms with Gasteiger partial charge in [0.15, 0.2) is 0 Å². The van der Waals surface area contributed by atoms with Crippen LogP contribution in [0.3, 0.4) is 0 Å². The monoisotopic (exact) mass is 1060 g/mol. The second kappa shape index (κ2) is 47.3. The fourth-order valence-electron chi connectivity index (χ4n) is 7.33. The lowest BCUT2D eigenvalue weighted by molar-refractivity contribution is 0.448. The van der Waals surface area contributed by atoms with Gasteiger partial charge in [-0.05, 0) is 115 Å². The van der Waals surface area contributed by atoms with Gasteiger partial charge in [0.05, 0.1) is 30.7 Å². The molecule has 0 aliphatic rings. The lowest BCUT2D eigenvalue weighted by atomic mass is 10.00. The van der Waals surface area contributed by atoms with Gasteiger partial charge in [-0.15, -0.1) is 6.58 Å². The number of hydrogen-bond donors (Lipinski definition) is 11. The molecular weight excluding hydrogens is 947 g/mol. The van der Waals surface area contributed by atoms with Gasteiger partial charge < -0.3 is 60.6 Å². The summed E-state index contributed by atoms with van der Waals surface area (Å²) in [6.45, 7) is 51.4. The van der Waals surface area contributed by atoms with Crippen LogP contribution in [0.1, 0.15) is 129 Å². The van der Waals surface area contributed by atoms with Gasteiger partial charge in [0, 0.05) is 59.5 Å². The summed E-state index contributed by atoms with van der Waals surface area (Å²) in [5.74, 6) is 1.36. The van der Waals surface area contributed by atoms with Crippen molar-refractivity contribution in [3.63, 3.8) is 0 Å². The molecule has 3 rings (SSSR count). The fourth-order valence-corrected chi connectivity index (χ4v) is 7.33. The summed E-state index contributed by atoms with van der Waals surface area (Å²) in [7, 11) is 0. The topological polar surface area (TPSA) is 202 Å². The Bertz CT molecular complexity index is 2000. The number of unbranched alkanes of at least 4 members (excludes halogenated alkanes) is 2. The van der Waals surface area contributed by atoms with Crippen molar-refractivity contribution in [2.45, 2.75) is 157 Å². The van der Waals surface area contributed by atoms with Crippen LogP contribution in [0.2, 0.25) is 0 Å². The first-order chi connectivity index (χ1) is 36.6. The number of allylic oxidation sites excluding steroid dienone is 2. The predicted molar refractivity (Wildman–Crippen MR) is 342 cm³/mol. The Kier molecular flexibility index (Phi) is 44.9. The van der Waals surface area contributed by atoms with E-state index in [1.165, 1.54) is 40.8 Å². The van der Waals surface area contributed by atoms with Crippen molar-refractivity contribution in [3.05, 3.63) is 205 Å². The lowest BCUT2D eigenvalue weighted by Gasteiger charge is -2.29. The van der Waals surface area contributed by atoms with Gasteiger partial charge in [-0.25, -0.2) is 0 Å². The smallest absolute Gasteiger partial charge is 0.0691 e. The molecule has 11 heteroatoms. The van der Waals surface area contributed by atoms with Crippen LogP contribution in [0.5, 0.6) is 0 Å². The molecule has 11 nitrogen and oxygen atoms in total. The molecule has 0 spiro atoms. The SMILES string of the molecule is C=C(C)CCCCCNC(=CCC)C(CCCN)NC(=C)CNC(=C)C(Cc1ccccc1)NC(=C)CN.C=C(CN)NC(CC(C)C)C(=C)NC(CCCN)C(=C)N.CC(C)C.Cc1ccccc1.Cc1ccccc1. The van der Waals surface area contributed by atoms with E-state index < -0.39 is 0 Å². The number of nitrogens with one attached hydrogen (secondary N) is 6. The predicted octanol–water partition coefficient (Wildman–Crippen LogP) is 11.8. The van der Waals surface area contributed by atoms with Crippen LogP contribution in [0.4, 0.5) is 0 Å². The molecule has 0 aromatic heterocycles. The molecule has 0 heterocycles. The van der Waals surface area contributed by atoms with Gasteiger partial charge in [-0.1, -0.05) is 201 Å². The van der Waals surface area contributed by atoms with Crippen molar-refractivity contribution in [1.29, 1.82) is 0 Å². The van der Waals surface area contributed by atoms with E-state index in [0.29, 0.717) is 44.3 Å². The van der Waals surface area contributed by atoms with Gasteiger partial charge >= 0.3 is 0 Å². The molecule has 0 amide bonds. The molecule has 3 aromatic rings. The first kappa shape index (κ1) is 73.1. The summed E-state index contributed by atoms with van der Waals surface area (Å²) in [6, 6.07) is 31.0. The Morgan fingerprint density at radius 1 is 0.545 bits per heavy atom. The molecule has 0 saturated carbocycles. The fraction of sp³-hybridized carbons (Fsp3) is 0.485. The van der Waals surface area contributed by atoms with Gasteiger partial charge in [0.1, 0.15) is 0 Å². The van der Waals surface area contributed by atoms with Gasteiger partial charge in [0.25, 0.3) is 0 Å². The van der Waals surface area contributed by atoms with Gasteiger partial charge in [-0.2, -0.15) is 0 Å². The van der Waals surface area contributed by atoms with Crippen LogP contribution in [-0.2, 0) is 6.42 Å². The molecule has 0 saturated heterocycles. The summed E-state index contributed by atoms with van der Waals surface area (Å²) >= 11 is 0. The summed E-state index contributed by atoms with van der Waals surface area (Å²) in [5.41, 5.74) is 39.9. The van der Waals surface area contributed by atoms with Crippen molar-refractivity contribution in [1.82, 2.24) is 31.9 Å². The van der Waals surface area contributed by atoms with E-state index >= 15 is 0 Å². The van der Waals surface area contributed by atoms with E-state index in [1.807, 2.05) is 54.6 Å². The van der Waals surface area contributed by atoms with Crippen molar-refractivity contribution >= 4 is 0 Å². The van der Waals surface area contributed by atoms with E-state index in [4.69, 9.17) is 28.7 Å². The second-order valence-electron chi connectivity index (χ2n) is 21.0. The van der Waals surface area contributed by atoms with Crippen molar-refractivity contribution in [2.24, 2.45) is 40.5 Å². The summed E-state index contributed by atoms with van der Waals surface area (Å²) in [6.07, 6.45) is 13.2. The van der Waals surface area contributed by atoms with Gasteiger partial charge in [-0.3, -0.25) is 0 Å². The molecule has 4 unspecified atom stereocenters. The molecule has 0 radical (unpaired) electrons. The third-order valence-electron chi connectivity index (χ3n) is 11.5. The molecule has 432 valence electrons. The Morgan fingerprint density at radius 2 is 1.01 bits per heavy atom. The second-order valence-corrected chi connectivity index (χ2v) is 21.0. The van der Waals surface area contributed by atoms with E-state index in [0.717, 1.165) is 98.7 Å². The van der Waals surface area contributed by atoms with E-state index in [9.17, 15) is 0 Å². The molecule has 0 aliphatic carbocycles. The van der Waals surface area contributed by atoms with Crippen molar-refractivity contribution < 1.29 is 0 Å². The molecule has 0 aliphatic heterocycles. The standard InChI is InChI=1S/C32H54N6.C16H33N5.2C7H8.C4H10/c1-7-15-30(35-21-13-9-10-16-25(2)3)31(19-14-20-33)38-27(5)24-36-28(6)32(37-26(4)23-34)22-29-17-11-8-12-18-29;1-11(2)9-16(20-12(3)10-18)14(5)21-15(13(4)19)7-6-8-17;2*1-7-5-3-2-4-6-7;1-4(2)3/h8,11-12,15,17-18,31-32,35-38H,2,4-7,9-10,13-14,16,19-24,33-34H2,1,3H3;11,15-16,20-21H,3-10,17-19H2,1-2H3;2*2-6H,1H3;4H,1-3H3. The average molecular weight is 1060 g/mol. The normalized spacial score (nSPS) is 12.1. The maximum atomic E-state index is 5.86. The number of benzene rings is 3. The first-order valence-corrected chi connectivity index (χ1v) is 28.2. The Morgan fingerprint density at radius 3 is 1.43 bits per heavy atom. The number of aryl methyl sites for hydroxylation is 2. The zero-order chi connectivity index (χ0) is 58.4. The molecule has 16 N–H and O–H groups in total. The Labute approximate surface area is 472 Å². The van der Waals surface area contributed by atoms with Crippen LogP contribution in [-0.4, -0.2) is 63.4 Å². The Hall–Kier alpha value is -5.98. The maximum absolute atomic E-state index is 5.86. The number of rotatable bonds is 35. The summed E-state index contributed by atoms with van der Waals surface area (Å²) in [4.78, 5) is 0. The average Bonchev–Trinajstić information content (AvgIpc) is 3.39. The molecule has 4 atom stereocenters. The minimum atomic E-state index is -0.0311. The van der Waals surface area contributed by atoms with Gasteiger partial charge in [0.2, 0.25) is 0 Å². The van der Waals surface area contributed by atoms with E-state index in [2.05, 4.69) is 183 Å². The highest BCUT2D eigenvalue weighted by Gasteiger charge is 2.20. The third-order valence-corrected chi connectivity index (χ3v) is 11.5. The number of nitrogens with two attached hydrogens (primary N) is 5. The minimum Gasteiger partial charge on any atom is -0.401 e. The van der Waals surface area contributed by atoms with Crippen molar-refractivity contribution in [3.8, 4) is 0 Å². The lowest BCUT2D eigenvalue weighted by Crippen LogP contribution is -2.43. The third kappa shape index (κ3) is 42.8. The van der Waals surface area contributed by atoms with Crippen LogP contribution >= 0.6 is 0 Å². The maximum Gasteiger partial charge on any atom is 0.0691 e.